The Hall–Kier alpha value is -5.10. The molecular weight excluding hydrogens is 816 g/mol. The third kappa shape index (κ3) is 10.8. The number of fused-ring (bicyclic) bond motifs is 2. The van der Waals surface area contributed by atoms with Gasteiger partial charge in [0.25, 0.3) is 0 Å². The molecule has 3 fully saturated rings. The molecule has 338 valence electrons. The molecule has 8 rings (SSSR count). The molecule has 2 aliphatic heterocycles. The predicted octanol–water partition coefficient (Wildman–Crippen LogP) is 6.12. The summed E-state index contributed by atoms with van der Waals surface area (Å²) in [5.41, 5.74) is 6.23. The first-order valence-electron chi connectivity index (χ1n) is 22.4. The molecule has 3 N–H and O–H groups in total. The van der Waals surface area contributed by atoms with E-state index in [9.17, 15) is 32.7 Å². The molecule has 0 spiro atoms. The number of ether oxygens (including phenoxy) is 1. The molecule has 14 nitrogen and oxygen atoms in total. The Kier molecular flexibility index (Phi) is 13.9. The van der Waals surface area contributed by atoms with E-state index in [1.54, 1.807) is 17.8 Å². The Labute approximate surface area is 364 Å². The van der Waals surface area contributed by atoms with Crippen LogP contribution >= 0.6 is 0 Å². The number of amides is 2. The highest BCUT2D eigenvalue weighted by molar-refractivity contribution is 6.00. The van der Waals surface area contributed by atoms with E-state index in [2.05, 4.69) is 65.4 Å². The number of carbonyl (C=O) groups is 2. The largest absolute Gasteiger partial charge is 0.393 e. The highest BCUT2D eigenvalue weighted by Gasteiger charge is 2.32. The number of alkyl halides is 3. The number of piperazine rings is 1. The number of rotatable bonds is 17. The van der Waals surface area contributed by atoms with Gasteiger partial charge in [0, 0.05) is 95.3 Å². The zero-order valence-corrected chi connectivity index (χ0v) is 35.9. The summed E-state index contributed by atoms with van der Waals surface area (Å²) in [5, 5.41) is 16.1. The summed E-state index contributed by atoms with van der Waals surface area (Å²) in [7, 11) is 1.71. The maximum Gasteiger partial charge on any atom is 0.390 e. The van der Waals surface area contributed by atoms with E-state index < -0.39 is 24.5 Å². The van der Waals surface area contributed by atoms with Crippen molar-refractivity contribution < 1.29 is 32.6 Å². The van der Waals surface area contributed by atoms with Crippen LogP contribution < -0.4 is 16.3 Å². The number of benzene rings is 2. The molecule has 2 amide bonds. The molecule has 5 heterocycles. The number of nitrogens with one attached hydrogen (secondary N) is 2. The van der Waals surface area contributed by atoms with Gasteiger partial charge in [-0.2, -0.15) is 18.2 Å². The lowest BCUT2D eigenvalue weighted by atomic mass is 9.93. The number of nitrogens with zero attached hydrogens (tertiary/aromatic N) is 7. The quantitative estimate of drug-likeness (QED) is 0.0737. The summed E-state index contributed by atoms with van der Waals surface area (Å²) in [4.78, 5) is 51.3. The van der Waals surface area contributed by atoms with E-state index in [4.69, 9.17) is 4.74 Å². The first-order valence-corrected chi connectivity index (χ1v) is 22.4. The van der Waals surface area contributed by atoms with Crippen LogP contribution in [0.1, 0.15) is 87.4 Å². The maximum atomic E-state index is 13.1. The van der Waals surface area contributed by atoms with Gasteiger partial charge in [-0.25, -0.2) is 9.78 Å². The summed E-state index contributed by atoms with van der Waals surface area (Å²) in [6, 6.07) is 13.9. The number of imidazole rings is 1. The first-order chi connectivity index (χ1) is 30.4. The van der Waals surface area contributed by atoms with Crippen LogP contribution in [0.2, 0.25) is 0 Å². The number of piperidine rings is 1. The molecule has 5 aromatic rings. The minimum Gasteiger partial charge on any atom is -0.393 e. The van der Waals surface area contributed by atoms with Crippen molar-refractivity contribution >= 4 is 39.8 Å². The van der Waals surface area contributed by atoms with Gasteiger partial charge in [-0.15, -0.1) is 0 Å². The standard InChI is InChI=1S/C46H58F3N9O5/c1-54-40-27-31(8-15-38(40)58(45(54)62)39-16-17-41(60)52-43(39)61)5-4-26-63-25-3-2-20-55-21-23-56(24-22-55)29-32-6-9-33(10-7-32)37-30-57(34-11-13-35(59)14-12-34)42-36(37)28-51-44(53-42)50-19-18-46(47,48)49/h6-10,15,27-28,30,34-35,39,59H,2-5,11-14,16-26,29H2,1H3,(H,50,51,53)(H,52,60,61)/t34?,35?,39-/m0/s1. The van der Waals surface area contributed by atoms with E-state index in [0.29, 0.717) is 37.0 Å². The van der Waals surface area contributed by atoms with Crippen LogP contribution in [0.4, 0.5) is 19.1 Å². The van der Waals surface area contributed by atoms with Crippen molar-refractivity contribution in [3.8, 4) is 11.1 Å². The zero-order chi connectivity index (χ0) is 44.1. The number of aryl methyl sites for hydroxylation is 2. The molecule has 2 aromatic carbocycles. The Bertz CT molecular complexity index is 2430. The fourth-order valence-corrected chi connectivity index (χ4v) is 9.31. The van der Waals surface area contributed by atoms with Gasteiger partial charge in [0.1, 0.15) is 11.7 Å². The molecule has 3 aromatic heterocycles. The fourth-order valence-electron chi connectivity index (χ4n) is 9.31. The molecule has 1 saturated carbocycles. The lowest BCUT2D eigenvalue weighted by Crippen LogP contribution is -2.46. The normalized spacial score (nSPS) is 20.5. The Morgan fingerprint density at radius 3 is 2.37 bits per heavy atom. The number of aromatic nitrogens is 5. The summed E-state index contributed by atoms with van der Waals surface area (Å²) in [5.74, 6) is -0.564. The second-order valence-corrected chi connectivity index (χ2v) is 17.4. The minimum absolute atomic E-state index is 0.136. The smallest absolute Gasteiger partial charge is 0.390 e. The van der Waals surface area contributed by atoms with Gasteiger partial charge >= 0.3 is 11.9 Å². The zero-order valence-electron chi connectivity index (χ0n) is 35.9. The SMILES string of the molecule is Cn1c(=O)n([C@H]2CCC(=O)NC2=O)c2ccc(CCCOCCCCN3CCN(Cc4ccc(-c5cn(C6CCC(O)CC6)c6nc(NCCC(F)(F)F)ncc56)cc4)CC3)cc21. The number of aliphatic hydroxyl groups excluding tert-OH is 1. The van der Waals surface area contributed by atoms with E-state index >= 15 is 0 Å². The van der Waals surface area contributed by atoms with Gasteiger partial charge in [0.15, 0.2) is 0 Å². The molecule has 1 aliphatic carbocycles. The molecule has 0 bridgehead atoms. The van der Waals surface area contributed by atoms with Crippen LogP contribution in [-0.2, 0) is 34.3 Å². The van der Waals surface area contributed by atoms with Crippen molar-refractivity contribution in [3.63, 3.8) is 0 Å². The Balaban J connectivity index is 0.753. The average Bonchev–Trinajstić information content (AvgIpc) is 3.76. The van der Waals surface area contributed by atoms with Crippen LogP contribution in [0.3, 0.4) is 0 Å². The van der Waals surface area contributed by atoms with Gasteiger partial charge < -0.3 is 24.6 Å². The van der Waals surface area contributed by atoms with Crippen LogP contribution in [-0.4, -0.2) is 115 Å². The summed E-state index contributed by atoms with van der Waals surface area (Å²) >= 11 is 0. The van der Waals surface area contributed by atoms with E-state index in [0.717, 1.165) is 112 Å². The molecule has 63 heavy (non-hydrogen) atoms. The van der Waals surface area contributed by atoms with E-state index in [1.165, 1.54) is 10.1 Å². The molecule has 0 radical (unpaired) electrons. The van der Waals surface area contributed by atoms with Gasteiger partial charge in [-0.1, -0.05) is 30.3 Å². The predicted molar refractivity (Wildman–Crippen MR) is 234 cm³/mol. The van der Waals surface area contributed by atoms with Crippen molar-refractivity contribution in [3.05, 3.63) is 76.5 Å². The second kappa shape index (κ2) is 19.7. The number of imide groups is 1. The first kappa shape index (κ1) is 44.5. The highest BCUT2D eigenvalue weighted by atomic mass is 19.4. The topological polar surface area (TPSA) is 152 Å². The average molecular weight is 874 g/mol. The molecule has 0 unspecified atom stereocenters. The molecular formula is C46H58F3N9O5. The molecule has 3 aliphatic rings. The van der Waals surface area contributed by atoms with Crippen molar-refractivity contribution in [1.82, 2.24) is 38.8 Å². The Morgan fingerprint density at radius 1 is 0.889 bits per heavy atom. The highest BCUT2D eigenvalue weighted by Crippen LogP contribution is 2.37. The van der Waals surface area contributed by atoms with Gasteiger partial charge in [-0.3, -0.25) is 28.9 Å². The van der Waals surface area contributed by atoms with Crippen molar-refractivity contribution in [2.24, 2.45) is 7.05 Å². The number of anilines is 1. The van der Waals surface area contributed by atoms with Crippen LogP contribution in [0.25, 0.3) is 33.2 Å². The number of hydrogen-bond acceptors (Lipinski definition) is 10. The van der Waals surface area contributed by atoms with E-state index in [1.807, 2.05) is 18.2 Å². The van der Waals surface area contributed by atoms with Crippen LogP contribution in [0.5, 0.6) is 0 Å². The van der Waals surface area contributed by atoms with Gasteiger partial charge in [-0.05, 0) is 93.2 Å². The summed E-state index contributed by atoms with van der Waals surface area (Å²) in [6.07, 6.45) is 5.54. The molecule has 2 saturated heterocycles. The van der Waals surface area contributed by atoms with Crippen LogP contribution in [0.15, 0.2) is 59.7 Å². The maximum absolute atomic E-state index is 13.1. The third-order valence-corrected chi connectivity index (χ3v) is 12.9. The summed E-state index contributed by atoms with van der Waals surface area (Å²) < 4.78 is 49.5. The van der Waals surface area contributed by atoms with Gasteiger partial charge in [0.2, 0.25) is 17.8 Å². The lowest BCUT2D eigenvalue weighted by molar-refractivity contribution is -0.136. The fraction of sp³-hybridized carbons (Fsp3) is 0.543. The van der Waals surface area contributed by atoms with Crippen LogP contribution in [0, 0.1) is 0 Å². The number of carbonyl (C=O) groups excluding carboxylic acids is 2. The number of unbranched alkanes of at least 4 members (excludes halogenated alkanes) is 1. The molecule has 17 heteroatoms. The minimum atomic E-state index is -4.26. The third-order valence-electron chi connectivity index (χ3n) is 12.9. The summed E-state index contributed by atoms with van der Waals surface area (Å²) in [6.45, 7) is 7.05. The number of halogens is 3. The second-order valence-electron chi connectivity index (χ2n) is 17.4. The number of aliphatic hydroxyl groups is 1. The molecule has 1 atom stereocenters. The monoisotopic (exact) mass is 873 g/mol. The number of hydrogen-bond donors (Lipinski definition) is 3. The lowest BCUT2D eigenvalue weighted by Gasteiger charge is -2.34. The van der Waals surface area contributed by atoms with Crippen molar-refractivity contribution in [2.75, 3.05) is 57.8 Å². The van der Waals surface area contributed by atoms with E-state index in [-0.39, 0.29) is 42.7 Å². The van der Waals surface area contributed by atoms with Crippen molar-refractivity contribution in [2.45, 2.75) is 102 Å². The van der Waals surface area contributed by atoms with Gasteiger partial charge in [0.05, 0.1) is 23.6 Å². The Morgan fingerprint density at radius 2 is 1.62 bits per heavy atom. The van der Waals surface area contributed by atoms with Crippen molar-refractivity contribution in [1.29, 1.82) is 0 Å².